The molecule has 1 aromatic heterocycles. The summed E-state index contributed by atoms with van der Waals surface area (Å²) in [6.07, 6.45) is 3.10. The van der Waals surface area contributed by atoms with E-state index in [0.29, 0.717) is 16.5 Å². The van der Waals surface area contributed by atoms with Gasteiger partial charge >= 0.3 is 0 Å². The molecule has 0 aliphatic rings. The van der Waals surface area contributed by atoms with Gasteiger partial charge in [0.15, 0.2) is 0 Å². The van der Waals surface area contributed by atoms with Crippen LogP contribution in [0.25, 0.3) is 21.9 Å². The number of rotatable bonds is 3. The number of carbonyl (C=O) groups is 1. The Bertz CT molecular complexity index is 1030. The van der Waals surface area contributed by atoms with Gasteiger partial charge in [-0.15, -0.1) is 0 Å². The Balaban J connectivity index is 2.15. The summed E-state index contributed by atoms with van der Waals surface area (Å²) in [4.78, 5) is 20.4. The molecule has 0 aliphatic heterocycles. The number of halogens is 2. The van der Waals surface area contributed by atoms with Gasteiger partial charge in [-0.1, -0.05) is 19.9 Å². The van der Waals surface area contributed by atoms with Crippen molar-refractivity contribution >= 4 is 22.5 Å². The van der Waals surface area contributed by atoms with E-state index in [1.807, 2.05) is 13.8 Å². The molecule has 26 heavy (non-hydrogen) atoms. The number of nitrogens with zero attached hydrogens (tertiary/aromatic N) is 2. The fraction of sp³-hybridized carbons (Fsp3) is 0.150. The van der Waals surface area contributed by atoms with Crippen LogP contribution in [-0.4, -0.2) is 16.7 Å². The Morgan fingerprint density at radius 2 is 1.85 bits per heavy atom. The highest BCUT2D eigenvalue weighted by Crippen LogP contribution is 2.30. The molecule has 0 fully saturated rings. The van der Waals surface area contributed by atoms with E-state index < -0.39 is 17.5 Å². The first-order chi connectivity index (χ1) is 12.4. The number of aliphatic imine (C=N–C) groups is 1. The quantitative estimate of drug-likeness (QED) is 0.563. The molecule has 1 amide bonds. The van der Waals surface area contributed by atoms with Crippen LogP contribution in [0, 0.1) is 17.6 Å². The highest BCUT2D eigenvalue weighted by Gasteiger charge is 2.13. The van der Waals surface area contributed by atoms with Gasteiger partial charge in [-0.2, -0.15) is 4.99 Å². The molecule has 0 unspecified atom stereocenters. The molecule has 4 nitrogen and oxygen atoms in total. The standard InChI is InChI=1S/C20H17F2N3O/c1-11(2)19(23)25-20(26)12-3-4-13-9-24-10-17(16(13)7-12)15-6-5-14(21)8-18(15)22/h3-11H,1-2H3,(H2,23,25,26). The Hall–Kier alpha value is -3.15. The molecule has 0 saturated heterocycles. The van der Waals surface area contributed by atoms with Crippen LogP contribution in [0.5, 0.6) is 0 Å². The van der Waals surface area contributed by atoms with E-state index in [-0.39, 0.29) is 17.3 Å². The van der Waals surface area contributed by atoms with Crippen LogP contribution < -0.4 is 5.73 Å². The molecule has 0 aliphatic carbocycles. The number of benzene rings is 2. The van der Waals surface area contributed by atoms with Gasteiger partial charge < -0.3 is 5.73 Å². The third-order valence-corrected chi connectivity index (χ3v) is 4.05. The predicted molar refractivity (Wildman–Crippen MR) is 97.9 cm³/mol. The first kappa shape index (κ1) is 17.7. The smallest absolute Gasteiger partial charge is 0.278 e. The number of amidine groups is 1. The lowest BCUT2D eigenvalue weighted by atomic mass is 9.98. The van der Waals surface area contributed by atoms with Gasteiger partial charge in [-0.25, -0.2) is 8.78 Å². The first-order valence-electron chi connectivity index (χ1n) is 8.08. The molecule has 0 bridgehead atoms. The number of carbonyl (C=O) groups excluding carboxylic acids is 1. The first-order valence-corrected chi connectivity index (χ1v) is 8.08. The maximum absolute atomic E-state index is 14.2. The topological polar surface area (TPSA) is 68.3 Å². The number of amides is 1. The molecule has 0 atom stereocenters. The predicted octanol–water partition coefficient (Wildman–Crippen LogP) is 4.33. The molecule has 3 aromatic rings. The number of aromatic nitrogens is 1. The summed E-state index contributed by atoms with van der Waals surface area (Å²) in [6, 6.07) is 8.30. The SMILES string of the molecule is CC(C)C(N)=NC(=O)c1ccc2cncc(-c3ccc(F)cc3F)c2c1. The second-order valence-corrected chi connectivity index (χ2v) is 6.24. The van der Waals surface area contributed by atoms with Gasteiger partial charge in [0.25, 0.3) is 5.91 Å². The summed E-state index contributed by atoms with van der Waals surface area (Å²) in [5.74, 6) is -1.63. The second-order valence-electron chi connectivity index (χ2n) is 6.24. The number of nitrogens with two attached hydrogens (primary N) is 1. The van der Waals surface area contributed by atoms with Crippen molar-refractivity contribution in [2.24, 2.45) is 16.6 Å². The summed E-state index contributed by atoms with van der Waals surface area (Å²) in [7, 11) is 0. The lowest BCUT2D eigenvalue weighted by Gasteiger charge is -2.09. The molecule has 132 valence electrons. The molecule has 0 saturated carbocycles. The minimum atomic E-state index is -0.696. The highest BCUT2D eigenvalue weighted by molar-refractivity contribution is 6.07. The third-order valence-electron chi connectivity index (χ3n) is 4.05. The normalized spacial score (nSPS) is 12.0. The van der Waals surface area contributed by atoms with E-state index in [2.05, 4.69) is 9.98 Å². The third kappa shape index (κ3) is 3.44. The van der Waals surface area contributed by atoms with Crippen LogP contribution in [0.15, 0.2) is 53.8 Å². The van der Waals surface area contributed by atoms with Crippen molar-refractivity contribution in [1.82, 2.24) is 4.98 Å². The van der Waals surface area contributed by atoms with Crippen molar-refractivity contribution in [3.63, 3.8) is 0 Å². The van der Waals surface area contributed by atoms with Crippen LogP contribution in [0.1, 0.15) is 24.2 Å². The van der Waals surface area contributed by atoms with Crippen LogP contribution in [0.3, 0.4) is 0 Å². The number of fused-ring (bicyclic) bond motifs is 1. The zero-order chi connectivity index (χ0) is 18.8. The van der Waals surface area contributed by atoms with Crippen molar-refractivity contribution in [3.8, 4) is 11.1 Å². The summed E-state index contributed by atoms with van der Waals surface area (Å²) in [6.45, 7) is 3.68. The van der Waals surface area contributed by atoms with E-state index in [1.165, 1.54) is 18.3 Å². The Labute approximate surface area is 149 Å². The molecule has 2 aromatic carbocycles. The Morgan fingerprint density at radius 3 is 2.54 bits per heavy atom. The monoisotopic (exact) mass is 353 g/mol. The molecule has 0 spiro atoms. The molecule has 2 N–H and O–H groups in total. The lowest BCUT2D eigenvalue weighted by molar-refractivity contribution is 0.100. The maximum Gasteiger partial charge on any atom is 0.278 e. The van der Waals surface area contributed by atoms with E-state index in [9.17, 15) is 13.6 Å². The summed E-state index contributed by atoms with van der Waals surface area (Å²) >= 11 is 0. The molecular formula is C20H17F2N3O. The summed E-state index contributed by atoms with van der Waals surface area (Å²) < 4.78 is 27.4. The van der Waals surface area contributed by atoms with Gasteiger partial charge in [0.1, 0.15) is 17.5 Å². The van der Waals surface area contributed by atoms with Crippen molar-refractivity contribution in [1.29, 1.82) is 0 Å². The minimum absolute atomic E-state index is 0.0486. The Morgan fingerprint density at radius 1 is 1.08 bits per heavy atom. The van der Waals surface area contributed by atoms with Crippen molar-refractivity contribution in [2.75, 3.05) is 0 Å². The zero-order valence-corrected chi connectivity index (χ0v) is 14.3. The highest BCUT2D eigenvalue weighted by atomic mass is 19.1. The molecule has 3 rings (SSSR count). The summed E-state index contributed by atoms with van der Waals surface area (Å²) in [5, 5.41) is 1.35. The molecule has 1 heterocycles. The largest absolute Gasteiger partial charge is 0.387 e. The van der Waals surface area contributed by atoms with E-state index in [1.54, 1.807) is 24.4 Å². The fourth-order valence-electron chi connectivity index (χ4n) is 2.53. The van der Waals surface area contributed by atoms with E-state index in [4.69, 9.17) is 5.73 Å². The van der Waals surface area contributed by atoms with E-state index in [0.717, 1.165) is 11.5 Å². The van der Waals surface area contributed by atoms with Gasteiger partial charge in [0.2, 0.25) is 0 Å². The van der Waals surface area contributed by atoms with Crippen LogP contribution in [0.2, 0.25) is 0 Å². The van der Waals surface area contributed by atoms with Crippen molar-refractivity contribution < 1.29 is 13.6 Å². The number of hydrogen-bond donors (Lipinski definition) is 1. The van der Waals surface area contributed by atoms with Gasteiger partial charge in [-0.05, 0) is 29.7 Å². The van der Waals surface area contributed by atoms with Crippen molar-refractivity contribution in [2.45, 2.75) is 13.8 Å². The van der Waals surface area contributed by atoms with Crippen molar-refractivity contribution in [3.05, 3.63) is 66.0 Å². The van der Waals surface area contributed by atoms with E-state index >= 15 is 0 Å². The fourth-order valence-corrected chi connectivity index (χ4v) is 2.53. The summed E-state index contributed by atoms with van der Waals surface area (Å²) in [5.41, 5.74) is 6.76. The minimum Gasteiger partial charge on any atom is -0.387 e. The van der Waals surface area contributed by atoms with Crippen LogP contribution in [-0.2, 0) is 0 Å². The van der Waals surface area contributed by atoms with Crippen LogP contribution in [0.4, 0.5) is 8.78 Å². The average molecular weight is 353 g/mol. The number of pyridine rings is 1. The number of hydrogen-bond acceptors (Lipinski definition) is 2. The molecule has 6 heteroatoms. The average Bonchev–Trinajstić information content (AvgIpc) is 2.61. The van der Waals surface area contributed by atoms with Gasteiger partial charge in [0.05, 0.1) is 0 Å². The molecular weight excluding hydrogens is 336 g/mol. The van der Waals surface area contributed by atoms with Gasteiger partial charge in [-0.3, -0.25) is 9.78 Å². The zero-order valence-electron chi connectivity index (χ0n) is 14.3. The second kappa shape index (κ2) is 7.00. The Kier molecular flexibility index (Phi) is 4.75. The van der Waals surface area contributed by atoms with Crippen LogP contribution >= 0.6 is 0 Å². The van der Waals surface area contributed by atoms with Gasteiger partial charge in [0, 0.05) is 46.5 Å². The maximum atomic E-state index is 14.2. The lowest BCUT2D eigenvalue weighted by Crippen LogP contribution is -2.20. The molecule has 0 radical (unpaired) electrons.